The fourth-order valence-electron chi connectivity index (χ4n) is 0.980. The minimum absolute atomic E-state index is 0.440. The minimum atomic E-state index is -0.662. The van der Waals surface area contributed by atoms with Crippen molar-refractivity contribution in [2.45, 2.75) is 26.7 Å². The molecule has 1 aliphatic carbocycles. The van der Waals surface area contributed by atoms with Gasteiger partial charge in [0, 0.05) is 0 Å². The first-order chi connectivity index (χ1) is 4.05. The second-order valence-corrected chi connectivity index (χ2v) is 3.30. The van der Waals surface area contributed by atoms with Gasteiger partial charge in [0.25, 0.3) is 0 Å². The summed E-state index contributed by atoms with van der Waals surface area (Å²) < 4.78 is 0. The molecule has 9 heavy (non-hydrogen) atoms. The number of rotatable bonds is 2. The van der Waals surface area contributed by atoms with Crippen molar-refractivity contribution < 1.29 is 9.90 Å². The maximum atomic E-state index is 10.5. The molecule has 0 aromatic heterocycles. The third kappa shape index (κ3) is 1.07. The van der Waals surface area contributed by atoms with Crippen LogP contribution in [-0.4, -0.2) is 11.1 Å². The van der Waals surface area contributed by atoms with Crippen LogP contribution in [0.5, 0.6) is 0 Å². The zero-order chi connectivity index (χ0) is 7.07. The zero-order valence-electron chi connectivity index (χ0n) is 5.85. The topological polar surface area (TPSA) is 37.3 Å². The molecule has 0 aromatic rings. The van der Waals surface area contributed by atoms with Gasteiger partial charge in [-0.15, -0.1) is 0 Å². The number of hydrogen-bond acceptors (Lipinski definition) is 1. The van der Waals surface area contributed by atoms with E-state index in [1.165, 1.54) is 0 Å². The highest BCUT2D eigenvalue weighted by Gasteiger charge is 2.43. The van der Waals surface area contributed by atoms with Gasteiger partial charge >= 0.3 is 5.97 Å². The highest BCUT2D eigenvalue weighted by atomic mass is 16.4. The molecule has 0 saturated heterocycles. The Morgan fingerprint density at radius 3 is 2.11 bits per heavy atom. The normalized spacial score (nSPS) is 19.8. The van der Waals surface area contributed by atoms with E-state index in [2.05, 4.69) is 0 Å². The van der Waals surface area contributed by atoms with Gasteiger partial charge in [-0.05, 0) is 32.6 Å². The summed E-state index contributed by atoms with van der Waals surface area (Å²) in [5, 5.41) is 8.65. The van der Waals surface area contributed by atoms with Crippen LogP contribution in [0.25, 0.3) is 0 Å². The summed E-state index contributed by atoms with van der Waals surface area (Å²) >= 11 is 0. The summed E-state index contributed by atoms with van der Waals surface area (Å²) in [6, 6.07) is 0. The highest BCUT2D eigenvalue weighted by Crippen LogP contribution is 2.45. The van der Waals surface area contributed by atoms with Gasteiger partial charge in [-0.2, -0.15) is 0 Å². The second-order valence-electron chi connectivity index (χ2n) is 3.30. The van der Waals surface area contributed by atoms with Gasteiger partial charge in [-0.1, -0.05) is 0 Å². The van der Waals surface area contributed by atoms with Crippen LogP contribution in [0.15, 0.2) is 0 Å². The molecule has 0 radical (unpaired) electrons. The van der Waals surface area contributed by atoms with E-state index in [9.17, 15) is 4.79 Å². The van der Waals surface area contributed by atoms with Crippen LogP contribution < -0.4 is 0 Å². The summed E-state index contributed by atoms with van der Waals surface area (Å²) in [5.74, 6) is -0.222. The molecule has 0 atom stereocenters. The van der Waals surface area contributed by atoms with E-state index in [1.807, 2.05) is 0 Å². The van der Waals surface area contributed by atoms with E-state index in [0.29, 0.717) is 5.92 Å². The molecule has 2 heteroatoms. The summed E-state index contributed by atoms with van der Waals surface area (Å²) in [6.07, 6.45) is 2.19. The summed E-state index contributed by atoms with van der Waals surface area (Å²) in [6.45, 7) is 3.60. The predicted octanol–water partition coefficient (Wildman–Crippen LogP) is 1.51. The molecule has 1 saturated carbocycles. The first kappa shape index (κ1) is 6.59. The lowest BCUT2D eigenvalue weighted by molar-refractivity contribution is -0.148. The number of aliphatic carboxylic acids is 1. The number of carboxylic acids is 1. The molecule has 2 nitrogen and oxygen atoms in total. The van der Waals surface area contributed by atoms with Crippen molar-refractivity contribution in [2.24, 2.45) is 11.3 Å². The van der Waals surface area contributed by atoms with Crippen molar-refractivity contribution in [1.29, 1.82) is 0 Å². The molecule has 1 rings (SSSR count). The quantitative estimate of drug-likeness (QED) is 0.612. The Kier molecular flexibility index (Phi) is 1.26. The standard InChI is InChI=1S/C7H12O2/c1-7(2,6(8)9)5-3-4-5/h5H,3-4H2,1-2H3,(H,8,9). The van der Waals surface area contributed by atoms with Crippen molar-refractivity contribution in [3.05, 3.63) is 0 Å². The average Bonchev–Trinajstić information content (AvgIpc) is 2.42. The minimum Gasteiger partial charge on any atom is -0.481 e. The average molecular weight is 128 g/mol. The van der Waals surface area contributed by atoms with Gasteiger partial charge in [0.2, 0.25) is 0 Å². The van der Waals surface area contributed by atoms with Crippen molar-refractivity contribution in [2.75, 3.05) is 0 Å². The number of carbonyl (C=O) groups is 1. The largest absolute Gasteiger partial charge is 0.481 e. The molecular formula is C7H12O2. The Labute approximate surface area is 54.9 Å². The molecule has 0 aliphatic heterocycles. The highest BCUT2D eigenvalue weighted by molar-refractivity contribution is 5.74. The predicted molar refractivity (Wildman–Crippen MR) is 34.1 cm³/mol. The maximum Gasteiger partial charge on any atom is 0.309 e. The molecule has 0 spiro atoms. The summed E-state index contributed by atoms with van der Waals surface area (Å²) in [5.41, 5.74) is -0.472. The van der Waals surface area contributed by atoms with Crippen LogP contribution >= 0.6 is 0 Å². The number of carboxylic acid groups (broad SMARTS) is 1. The first-order valence-corrected chi connectivity index (χ1v) is 3.28. The van der Waals surface area contributed by atoms with Gasteiger partial charge < -0.3 is 5.11 Å². The van der Waals surface area contributed by atoms with Crippen LogP contribution in [0, 0.1) is 11.3 Å². The summed E-state index contributed by atoms with van der Waals surface area (Å²) in [4.78, 5) is 10.5. The van der Waals surface area contributed by atoms with Gasteiger partial charge in [-0.3, -0.25) is 4.79 Å². The third-order valence-corrected chi connectivity index (χ3v) is 2.15. The van der Waals surface area contributed by atoms with Gasteiger partial charge in [0.15, 0.2) is 0 Å². The van der Waals surface area contributed by atoms with Crippen LogP contribution in [0.1, 0.15) is 26.7 Å². The number of hydrogen-bond donors (Lipinski definition) is 1. The van der Waals surface area contributed by atoms with E-state index in [4.69, 9.17) is 5.11 Å². The van der Waals surface area contributed by atoms with E-state index in [0.717, 1.165) is 12.8 Å². The van der Waals surface area contributed by atoms with Crippen molar-refractivity contribution >= 4 is 5.97 Å². The molecule has 0 amide bonds. The van der Waals surface area contributed by atoms with E-state index >= 15 is 0 Å². The second kappa shape index (κ2) is 1.72. The molecule has 1 N–H and O–H groups in total. The van der Waals surface area contributed by atoms with Gasteiger partial charge in [0.1, 0.15) is 0 Å². The lowest BCUT2D eigenvalue weighted by atomic mass is 9.88. The summed E-state index contributed by atoms with van der Waals surface area (Å²) in [7, 11) is 0. The van der Waals surface area contributed by atoms with Gasteiger partial charge in [-0.25, -0.2) is 0 Å². The Balaban J connectivity index is 2.59. The van der Waals surface area contributed by atoms with Crippen molar-refractivity contribution in [1.82, 2.24) is 0 Å². The maximum absolute atomic E-state index is 10.5. The smallest absolute Gasteiger partial charge is 0.309 e. The fourth-order valence-corrected chi connectivity index (χ4v) is 0.980. The SMILES string of the molecule is CC(C)(C(=O)O)C1CC1. The van der Waals surface area contributed by atoms with Crippen molar-refractivity contribution in [3.63, 3.8) is 0 Å². The van der Waals surface area contributed by atoms with Crippen LogP contribution in [0.3, 0.4) is 0 Å². The molecular weight excluding hydrogens is 116 g/mol. The third-order valence-electron chi connectivity index (χ3n) is 2.15. The Morgan fingerprint density at radius 2 is 2.00 bits per heavy atom. The van der Waals surface area contributed by atoms with Crippen molar-refractivity contribution in [3.8, 4) is 0 Å². The van der Waals surface area contributed by atoms with E-state index in [1.54, 1.807) is 13.8 Å². The Morgan fingerprint density at radius 1 is 1.56 bits per heavy atom. The molecule has 1 aliphatic rings. The molecule has 0 unspecified atom stereocenters. The molecule has 0 aromatic carbocycles. The first-order valence-electron chi connectivity index (χ1n) is 3.28. The zero-order valence-corrected chi connectivity index (χ0v) is 5.85. The van der Waals surface area contributed by atoms with Crippen LogP contribution in [0.4, 0.5) is 0 Å². The van der Waals surface area contributed by atoms with E-state index < -0.39 is 11.4 Å². The lowest BCUT2D eigenvalue weighted by Crippen LogP contribution is -2.25. The fraction of sp³-hybridized carbons (Fsp3) is 0.857. The Bertz CT molecular complexity index is 134. The molecule has 52 valence electrons. The molecule has 0 heterocycles. The van der Waals surface area contributed by atoms with E-state index in [-0.39, 0.29) is 0 Å². The van der Waals surface area contributed by atoms with Gasteiger partial charge in [0.05, 0.1) is 5.41 Å². The molecule has 0 bridgehead atoms. The monoisotopic (exact) mass is 128 g/mol. The lowest BCUT2D eigenvalue weighted by Gasteiger charge is -2.16. The van der Waals surface area contributed by atoms with Crippen LogP contribution in [0.2, 0.25) is 0 Å². The molecule has 1 fully saturated rings. The Hall–Kier alpha value is -0.530. The van der Waals surface area contributed by atoms with Crippen LogP contribution in [-0.2, 0) is 4.79 Å².